The number of rotatable bonds is 1. The molecule has 0 unspecified atom stereocenters. The lowest BCUT2D eigenvalue weighted by Gasteiger charge is -2.03. The Bertz CT molecular complexity index is 379. The summed E-state index contributed by atoms with van der Waals surface area (Å²) >= 11 is 0. The van der Waals surface area contributed by atoms with Crippen LogP contribution in [-0.4, -0.2) is 12.5 Å². The third-order valence-electron chi connectivity index (χ3n) is 2.59. The van der Waals surface area contributed by atoms with Gasteiger partial charge in [-0.05, 0) is 24.5 Å². The van der Waals surface area contributed by atoms with Crippen molar-refractivity contribution in [1.82, 2.24) is 5.32 Å². The molecule has 2 rings (SSSR count). The largest absolute Gasteiger partial charge is 0.352 e. The Morgan fingerprint density at radius 2 is 2.00 bits per heavy atom. The van der Waals surface area contributed by atoms with Gasteiger partial charge in [0.15, 0.2) is 0 Å². The van der Waals surface area contributed by atoms with Crippen LogP contribution in [0.1, 0.15) is 18.9 Å². The lowest BCUT2D eigenvalue weighted by Crippen LogP contribution is -2.14. The lowest BCUT2D eigenvalue weighted by molar-refractivity contribution is -0.116. The van der Waals surface area contributed by atoms with Crippen LogP contribution in [0.5, 0.6) is 0 Å². The number of nitrogens with one attached hydrogen (secondary N) is 1. The van der Waals surface area contributed by atoms with Crippen LogP contribution in [0, 0.1) is 0 Å². The summed E-state index contributed by atoms with van der Waals surface area (Å²) < 4.78 is 0. The highest BCUT2D eigenvalue weighted by atomic mass is 16.1. The van der Waals surface area contributed by atoms with Crippen molar-refractivity contribution in [2.75, 3.05) is 6.54 Å². The van der Waals surface area contributed by atoms with E-state index in [1.165, 1.54) is 0 Å². The number of carbonyl (C=O) groups is 1. The molecule has 1 aromatic rings. The topological polar surface area (TPSA) is 29.1 Å². The molecule has 0 bridgehead atoms. The lowest BCUT2D eigenvalue weighted by atomic mass is 10.0. The van der Waals surface area contributed by atoms with Crippen molar-refractivity contribution in [1.29, 1.82) is 0 Å². The maximum absolute atomic E-state index is 11.4. The van der Waals surface area contributed by atoms with Crippen molar-refractivity contribution in [2.24, 2.45) is 0 Å². The molecule has 1 amide bonds. The second kappa shape index (κ2) is 3.66. The van der Waals surface area contributed by atoms with Gasteiger partial charge in [0.05, 0.1) is 0 Å². The molecule has 1 heterocycles. The van der Waals surface area contributed by atoms with Gasteiger partial charge >= 0.3 is 0 Å². The maximum atomic E-state index is 11.4. The molecule has 0 radical (unpaired) electrons. The van der Waals surface area contributed by atoms with Gasteiger partial charge in [-0.15, -0.1) is 0 Å². The Morgan fingerprint density at radius 1 is 1.29 bits per heavy atom. The third-order valence-corrected chi connectivity index (χ3v) is 2.59. The Hall–Kier alpha value is -1.57. The fraction of sp³-hybridized carbons (Fsp3) is 0.250. The summed E-state index contributed by atoms with van der Waals surface area (Å²) in [4.78, 5) is 11.4. The molecule has 0 atom stereocenters. The summed E-state index contributed by atoms with van der Waals surface area (Å²) in [5.74, 6) is 0.0892. The van der Waals surface area contributed by atoms with E-state index in [1.54, 1.807) is 0 Å². The molecule has 1 fully saturated rings. The third kappa shape index (κ3) is 1.55. The first-order valence-corrected chi connectivity index (χ1v) is 4.82. The molecule has 1 aliphatic heterocycles. The van der Waals surface area contributed by atoms with Crippen molar-refractivity contribution >= 4 is 11.5 Å². The van der Waals surface area contributed by atoms with E-state index in [0.717, 1.165) is 29.7 Å². The van der Waals surface area contributed by atoms with Crippen molar-refractivity contribution in [3.63, 3.8) is 0 Å². The highest BCUT2D eigenvalue weighted by molar-refractivity contribution is 6.02. The zero-order valence-electron chi connectivity index (χ0n) is 8.21. The van der Waals surface area contributed by atoms with Gasteiger partial charge in [0.25, 0.3) is 0 Å². The molecule has 2 nitrogen and oxygen atoms in total. The number of hydrogen-bond donors (Lipinski definition) is 1. The molecule has 0 saturated carbocycles. The molecule has 1 aliphatic rings. The molecule has 14 heavy (non-hydrogen) atoms. The van der Waals surface area contributed by atoms with Crippen molar-refractivity contribution < 1.29 is 4.79 Å². The second-order valence-corrected chi connectivity index (χ2v) is 3.48. The monoisotopic (exact) mass is 187 g/mol. The molecule has 2 heteroatoms. The van der Waals surface area contributed by atoms with E-state index in [4.69, 9.17) is 0 Å². The smallest absolute Gasteiger partial charge is 0.247 e. The molecular formula is C12H13NO. The Balaban J connectivity index is 2.40. The van der Waals surface area contributed by atoms with E-state index in [0.29, 0.717) is 0 Å². The average molecular weight is 187 g/mol. The number of carbonyl (C=O) groups excluding carboxylic acids is 1. The first-order valence-electron chi connectivity index (χ1n) is 4.82. The van der Waals surface area contributed by atoms with Gasteiger partial charge in [0.2, 0.25) is 5.91 Å². The quantitative estimate of drug-likeness (QED) is 0.669. The Morgan fingerprint density at radius 3 is 2.57 bits per heavy atom. The molecule has 0 spiro atoms. The van der Waals surface area contributed by atoms with Crippen molar-refractivity contribution in [3.8, 4) is 0 Å². The van der Waals surface area contributed by atoms with Gasteiger partial charge in [-0.3, -0.25) is 4.79 Å². The predicted octanol–water partition coefficient (Wildman–Crippen LogP) is 1.98. The normalized spacial score (nSPS) is 19.4. The van der Waals surface area contributed by atoms with E-state index in [2.05, 4.69) is 5.32 Å². The molecule has 1 saturated heterocycles. The zero-order valence-corrected chi connectivity index (χ0v) is 8.21. The van der Waals surface area contributed by atoms with Gasteiger partial charge in [-0.25, -0.2) is 0 Å². The number of benzene rings is 1. The predicted molar refractivity (Wildman–Crippen MR) is 56.7 cm³/mol. The number of allylic oxidation sites excluding steroid dienone is 1. The zero-order chi connectivity index (χ0) is 9.97. The van der Waals surface area contributed by atoms with Crippen LogP contribution < -0.4 is 5.32 Å². The first kappa shape index (κ1) is 9.00. The molecule has 1 aromatic carbocycles. The van der Waals surface area contributed by atoms with Gasteiger partial charge in [0, 0.05) is 12.1 Å². The van der Waals surface area contributed by atoms with Crippen LogP contribution in [0.3, 0.4) is 0 Å². The highest BCUT2D eigenvalue weighted by Crippen LogP contribution is 2.22. The molecule has 0 aromatic heterocycles. The molecule has 0 aliphatic carbocycles. The van der Waals surface area contributed by atoms with E-state index in [1.807, 2.05) is 37.3 Å². The van der Waals surface area contributed by atoms with E-state index >= 15 is 0 Å². The van der Waals surface area contributed by atoms with Crippen LogP contribution in [-0.2, 0) is 4.79 Å². The summed E-state index contributed by atoms with van der Waals surface area (Å²) in [5, 5.41) is 2.82. The van der Waals surface area contributed by atoms with Crippen LogP contribution in [0.4, 0.5) is 0 Å². The van der Waals surface area contributed by atoms with E-state index in [9.17, 15) is 4.79 Å². The highest BCUT2D eigenvalue weighted by Gasteiger charge is 2.18. The van der Waals surface area contributed by atoms with Crippen LogP contribution in [0.2, 0.25) is 0 Å². The standard InChI is InChI=1S/C12H13NO/c1-9(10-5-3-2-4-6-10)11-7-8-13-12(11)14/h2-6H,7-8H2,1H3,(H,13,14)/b11-9+. The minimum absolute atomic E-state index is 0.0892. The summed E-state index contributed by atoms with van der Waals surface area (Å²) in [7, 11) is 0. The van der Waals surface area contributed by atoms with Crippen LogP contribution in [0.15, 0.2) is 35.9 Å². The minimum atomic E-state index is 0.0892. The van der Waals surface area contributed by atoms with Crippen LogP contribution >= 0.6 is 0 Å². The van der Waals surface area contributed by atoms with E-state index in [-0.39, 0.29) is 5.91 Å². The van der Waals surface area contributed by atoms with Gasteiger partial charge in [-0.2, -0.15) is 0 Å². The summed E-state index contributed by atoms with van der Waals surface area (Å²) in [5.41, 5.74) is 3.16. The molecule has 72 valence electrons. The van der Waals surface area contributed by atoms with Crippen LogP contribution in [0.25, 0.3) is 5.57 Å². The minimum Gasteiger partial charge on any atom is -0.352 e. The summed E-state index contributed by atoms with van der Waals surface area (Å²) in [6, 6.07) is 10.0. The molecular weight excluding hydrogens is 174 g/mol. The number of hydrogen-bond acceptors (Lipinski definition) is 1. The summed E-state index contributed by atoms with van der Waals surface area (Å²) in [6.07, 6.45) is 0.847. The Kier molecular flexibility index (Phi) is 2.35. The first-order chi connectivity index (χ1) is 6.79. The number of amides is 1. The Labute approximate surface area is 83.6 Å². The van der Waals surface area contributed by atoms with Crippen molar-refractivity contribution in [3.05, 3.63) is 41.5 Å². The van der Waals surface area contributed by atoms with Gasteiger partial charge in [-0.1, -0.05) is 30.3 Å². The maximum Gasteiger partial charge on any atom is 0.247 e. The van der Waals surface area contributed by atoms with E-state index < -0.39 is 0 Å². The average Bonchev–Trinajstić information content (AvgIpc) is 2.65. The van der Waals surface area contributed by atoms with Crippen molar-refractivity contribution in [2.45, 2.75) is 13.3 Å². The fourth-order valence-electron chi connectivity index (χ4n) is 1.74. The van der Waals surface area contributed by atoms with Gasteiger partial charge in [0.1, 0.15) is 0 Å². The second-order valence-electron chi connectivity index (χ2n) is 3.48. The summed E-state index contributed by atoms with van der Waals surface area (Å²) in [6.45, 7) is 2.79. The SMILES string of the molecule is C/C(=C1/CCNC1=O)c1ccccc1. The van der Waals surface area contributed by atoms with Gasteiger partial charge < -0.3 is 5.32 Å². The fourth-order valence-corrected chi connectivity index (χ4v) is 1.74. The molecule has 1 N–H and O–H groups in total.